The molecular formula is C17H15NO5. The van der Waals surface area contributed by atoms with E-state index in [0.717, 1.165) is 0 Å². The van der Waals surface area contributed by atoms with Gasteiger partial charge in [-0.15, -0.1) is 0 Å². The topological polar surface area (TPSA) is 86.5 Å². The second kappa shape index (κ2) is 7.31. The molecule has 0 aromatic heterocycles. The van der Waals surface area contributed by atoms with Crippen LogP contribution in [0.5, 0.6) is 0 Å². The van der Waals surface area contributed by atoms with Crippen LogP contribution >= 0.6 is 0 Å². The fraction of sp³-hybridized carbons (Fsp3) is 0.176. The van der Waals surface area contributed by atoms with E-state index in [9.17, 15) is 19.7 Å². The molecule has 0 saturated carbocycles. The minimum Gasteiger partial charge on any atom is -0.450 e. The number of carbonyl (C=O) groups excluding carboxylic acids is 2. The third kappa shape index (κ3) is 4.00. The van der Waals surface area contributed by atoms with Crippen LogP contribution in [0.15, 0.2) is 54.6 Å². The summed E-state index contributed by atoms with van der Waals surface area (Å²) >= 11 is 0. The number of esters is 1. The average molecular weight is 313 g/mol. The van der Waals surface area contributed by atoms with E-state index in [1.165, 1.54) is 24.3 Å². The number of nitro groups is 1. The quantitative estimate of drug-likeness (QED) is 0.353. The van der Waals surface area contributed by atoms with Crippen LogP contribution in [0.2, 0.25) is 0 Å². The van der Waals surface area contributed by atoms with Crippen LogP contribution in [0.25, 0.3) is 0 Å². The number of benzene rings is 2. The maximum Gasteiger partial charge on any atom is 0.338 e. The number of hydrogen-bond acceptors (Lipinski definition) is 5. The molecule has 0 fully saturated rings. The van der Waals surface area contributed by atoms with Crippen LogP contribution in [-0.4, -0.2) is 22.8 Å². The number of carbonyl (C=O) groups is 2. The Hall–Kier alpha value is -3.02. The molecule has 0 spiro atoms. The summed E-state index contributed by atoms with van der Waals surface area (Å²) in [5, 5.41) is 10.6. The highest BCUT2D eigenvalue weighted by Gasteiger charge is 2.23. The average Bonchev–Trinajstić information content (AvgIpc) is 2.59. The second-order valence-electron chi connectivity index (χ2n) is 4.84. The number of ether oxygens (including phenoxy) is 1. The summed E-state index contributed by atoms with van der Waals surface area (Å²) in [4.78, 5) is 34.5. The normalized spacial score (nSPS) is 11.5. The smallest absolute Gasteiger partial charge is 0.338 e. The van der Waals surface area contributed by atoms with Gasteiger partial charge in [0.25, 0.3) is 5.69 Å². The van der Waals surface area contributed by atoms with Gasteiger partial charge in [-0.3, -0.25) is 14.9 Å². The summed E-state index contributed by atoms with van der Waals surface area (Å²) in [6, 6.07) is 13.6. The van der Waals surface area contributed by atoms with Crippen molar-refractivity contribution in [3.63, 3.8) is 0 Å². The van der Waals surface area contributed by atoms with E-state index in [4.69, 9.17) is 4.74 Å². The van der Waals surface area contributed by atoms with E-state index in [-0.39, 0.29) is 17.0 Å². The first-order chi connectivity index (χ1) is 11.0. The number of nitro benzene ring substituents is 1. The third-order valence-electron chi connectivity index (χ3n) is 3.28. The van der Waals surface area contributed by atoms with E-state index in [1.807, 2.05) is 0 Å². The van der Waals surface area contributed by atoms with Gasteiger partial charge in [0.15, 0.2) is 6.10 Å². The summed E-state index contributed by atoms with van der Waals surface area (Å²) in [6.45, 7) is 1.74. The molecule has 0 N–H and O–H groups in total. The van der Waals surface area contributed by atoms with Crippen LogP contribution in [-0.2, 0) is 4.74 Å². The van der Waals surface area contributed by atoms with Crippen LogP contribution in [0, 0.1) is 10.1 Å². The second-order valence-corrected chi connectivity index (χ2v) is 4.84. The number of ketones is 1. The number of nitrogens with zero attached hydrogens (tertiary/aromatic N) is 1. The lowest BCUT2D eigenvalue weighted by Crippen LogP contribution is -2.26. The highest BCUT2D eigenvalue weighted by molar-refractivity contribution is 6.01. The third-order valence-corrected chi connectivity index (χ3v) is 3.28. The molecule has 2 rings (SSSR count). The van der Waals surface area contributed by atoms with Crippen molar-refractivity contribution in [2.75, 3.05) is 0 Å². The molecule has 0 saturated heterocycles. The first-order valence-corrected chi connectivity index (χ1v) is 7.07. The summed E-state index contributed by atoms with van der Waals surface area (Å²) in [7, 11) is 0. The molecule has 2 aromatic rings. The monoisotopic (exact) mass is 313 g/mol. The van der Waals surface area contributed by atoms with Gasteiger partial charge in [-0.2, -0.15) is 0 Å². The zero-order valence-electron chi connectivity index (χ0n) is 12.5. The van der Waals surface area contributed by atoms with Crippen molar-refractivity contribution >= 4 is 17.4 Å². The Morgan fingerprint density at radius 1 is 1.04 bits per heavy atom. The Bertz CT molecular complexity index is 710. The summed E-state index contributed by atoms with van der Waals surface area (Å²) in [6.07, 6.45) is -0.549. The fourth-order valence-electron chi connectivity index (χ4n) is 2.03. The van der Waals surface area contributed by atoms with E-state index in [2.05, 4.69) is 0 Å². The first-order valence-electron chi connectivity index (χ1n) is 7.07. The Balaban J connectivity index is 2.10. The lowest BCUT2D eigenvalue weighted by Gasteiger charge is -2.15. The molecule has 1 atom stereocenters. The molecule has 0 radical (unpaired) electrons. The number of rotatable bonds is 6. The maximum absolute atomic E-state index is 12.3. The zero-order valence-corrected chi connectivity index (χ0v) is 12.5. The molecule has 6 heteroatoms. The van der Waals surface area contributed by atoms with Crippen molar-refractivity contribution in [3.8, 4) is 0 Å². The van der Waals surface area contributed by atoms with E-state index < -0.39 is 17.0 Å². The SMILES string of the molecule is CC[C@@H](OC(=O)c1ccc([N+](=O)[O-])cc1)C(=O)c1ccccc1. The van der Waals surface area contributed by atoms with Gasteiger partial charge in [-0.25, -0.2) is 4.79 Å². The van der Waals surface area contributed by atoms with Gasteiger partial charge in [0.1, 0.15) is 0 Å². The maximum atomic E-state index is 12.3. The Morgan fingerprint density at radius 2 is 1.65 bits per heavy atom. The predicted molar refractivity (Wildman–Crippen MR) is 83.4 cm³/mol. The first kappa shape index (κ1) is 16.4. The highest BCUT2D eigenvalue weighted by atomic mass is 16.6. The number of non-ortho nitro benzene ring substituents is 1. The van der Waals surface area contributed by atoms with Crippen LogP contribution in [0.1, 0.15) is 34.1 Å². The van der Waals surface area contributed by atoms with Crippen molar-refractivity contribution in [1.82, 2.24) is 0 Å². The molecule has 0 aliphatic heterocycles. The van der Waals surface area contributed by atoms with Gasteiger partial charge < -0.3 is 4.74 Å². The summed E-state index contributed by atoms with van der Waals surface area (Å²) in [5.41, 5.74) is 0.514. The van der Waals surface area contributed by atoms with Crippen molar-refractivity contribution in [2.45, 2.75) is 19.4 Å². The molecule has 0 unspecified atom stereocenters. The van der Waals surface area contributed by atoms with Crippen LogP contribution < -0.4 is 0 Å². The van der Waals surface area contributed by atoms with Crippen molar-refractivity contribution in [3.05, 3.63) is 75.8 Å². The van der Waals surface area contributed by atoms with E-state index in [1.54, 1.807) is 37.3 Å². The molecule has 0 heterocycles. The minimum atomic E-state index is -0.889. The van der Waals surface area contributed by atoms with Gasteiger partial charge in [0, 0.05) is 17.7 Å². The summed E-state index contributed by atoms with van der Waals surface area (Å²) in [5.74, 6) is -0.959. The van der Waals surface area contributed by atoms with Gasteiger partial charge in [0.2, 0.25) is 5.78 Å². The molecule has 0 amide bonds. The van der Waals surface area contributed by atoms with Gasteiger partial charge in [-0.1, -0.05) is 37.3 Å². The molecular weight excluding hydrogens is 298 g/mol. The Morgan fingerprint density at radius 3 is 2.17 bits per heavy atom. The van der Waals surface area contributed by atoms with Crippen molar-refractivity contribution in [1.29, 1.82) is 0 Å². The molecule has 0 aliphatic carbocycles. The lowest BCUT2D eigenvalue weighted by molar-refractivity contribution is -0.384. The van der Waals surface area contributed by atoms with Crippen LogP contribution in [0.4, 0.5) is 5.69 Å². The Labute approximate surface area is 132 Å². The predicted octanol–water partition coefficient (Wildman–Crippen LogP) is 3.41. The van der Waals surface area contributed by atoms with Gasteiger partial charge in [0.05, 0.1) is 10.5 Å². The molecule has 23 heavy (non-hydrogen) atoms. The lowest BCUT2D eigenvalue weighted by atomic mass is 10.0. The standard InChI is InChI=1S/C17H15NO5/c1-2-15(16(19)12-6-4-3-5-7-12)23-17(20)13-8-10-14(11-9-13)18(21)22/h3-11,15H,2H2,1H3/t15-/m1/s1. The molecule has 6 nitrogen and oxygen atoms in total. The molecule has 0 aliphatic rings. The molecule has 118 valence electrons. The largest absolute Gasteiger partial charge is 0.450 e. The van der Waals surface area contributed by atoms with E-state index >= 15 is 0 Å². The summed E-state index contributed by atoms with van der Waals surface area (Å²) < 4.78 is 5.24. The Kier molecular flexibility index (Phi) is 5.19. The zero-order chi connectivity index (χ0) is 16.8. The van der Waals surface area contributed by atoms with Crippen molar-refractivity contribution in [2.24, 2.45) is 0 Å². The van der Waals surface area contributed by atoms with Gasteiger partial charge >= 0.3 is 5.97 Å². The number of hydrogen-bond donors (Lipinski definition) is 0. The van der Waals surface area contributed by atoms with E-state index in [0.29, 0.717) is 12.0 Å². The van der Waals surface area contributed by atoms with Crippen LogP contribution in [0.3, 0.4) is 0 Å². The minimum absolute atomic E-state index is 0.117. The molecule has 2 aromatic carbocycles. The van der Waals surface area contributed by atoms with Gasteiger partial charge in [-0.05, 0) is 18.6 Å². The molecule has 0 bridgehead atoms. The fourth-order valence-corrected chi connectivity index (χ4v) is 2.03. The highest BCUT2D eigenvalue weighted by Crippen LogP contribution is 2.15. The van der Waals surface area contributed by atoms with Crippen molar-refractivity contribution < 1.29 is 19.2 Å². The number of Topliss-reactive ketones (excluding diaryl/α,β-unsaturated/α-hetero) is 1.